The molecule has 6 heteroatoms. The Kier molecular flexibility index (Phi) is 4.64. The summed E-state index contributed by atoms with van der Waals surface area (Å²) in [4.78, 5) is 4.53. The van der Waals surface area contributed by atoms with E-state index in [1.807, 2.05) is 42.6 Å². The Morgan fingerprint density at radius 3 is 2.70 bits per heavy atom. The molecule has 2 aromatic heterocycles. The zero-order chi connectivity index (χ0) is 18.8. The number of aryl methyl sites for hydroxylation is 1. The van der Waals surface area contributed by atoms with Gasteiger partial charge in [-0.1, -0.05) is 35.6 Å². The van der Waals surface area contributed by atoms with Crippen molar-refractivity contribution >= 4 is 32.9 Å². The average molecular weight is 376 g/mol. The van der Waals surface area contributed by atoms with Crippen LogP contribution in [-0.2, 0) is 0 Å². The number of ether oxygens (including phenoxy) is 1. The van der Waals surface area contributed by atoms with Gasteiger partial charge in [-0.25, -0.2) is 4.98 Å². The van der Waals surface area contributed by atoms with Crippen LogP contribution >= 0.6 is 11.3 Å². The van der Waals surface area contributed by atoms with Gasteiger partial charge >= 0.3 is 0 Å². The molecule has 0 atom stereocenters. The second-order valence-electron chi connectivity index (χ2n) is 6.19. The van der Waals surface area contributed by atoms with Gasteiger partial charge in [0.1, 0.15) is 5.75 Å². The Morgan fingerprint density at radius 1 is 1.11 bits per heavy atom. The Morgan fingerprint density at radius 2 is 1.89 bits per heavy atom. The van der Waals surface area contributed by atoms with E-state index in [0.717, 1.165) is 43.7 Å². The van der Waals surface area contributed by atoms with Crippen LogP contribution in [0.1, 0.15) is 17.0 Å². The highest BCUT2D eigenvalue weighted by Gasteiger charge is 2.12. The highest BCUT2D eigenvalue weighted by atomic mass is 32.1. The van der Waals surface area contributed by atoms with E-state index in [2.05, 4.69) is 52.1 Å². The number of hydrogen-bond acceptors (Lipinski definition) is 5. The number of benzene rings is 2. The van der Waals surface area contributed by atoms with Crippen molar-refractivity contribution in [2.75, 3.05) is 12.5 Å². The number of rotatable bonds is 5. The summed E-state index contributed by atoms with van der Waals surface area (Å²) in [5.41, 5.74) is 8.32. The fourth-order valence-electron chi connectivity index (χ4n) is 3.18. The number of nitrogens with zero attached hydrogens (tertiary/aromatic N) is 3. The highest BCUT2D eigenvalue weighted by molar-refractivity contribution is 7.22. The molecule has 4 aromatic rings. The predicted molar refractivity (Wildman–Crippen MR) is 113 cm³/mol. The number of hydrogen-bond donors (Lipinski definition) is 1. The van der Waals surface area contributed by atoms with Crippen LogP contribution in [0.3, 0.4) is 0 Å². The van der Waals surface area contributed by atoms with Crippen LogP contribution in [0.25, 0.3) is 15.9 Å². The second kappa shape index (κ2) is 7.25. The Hall–Kier alpha value is -3.12. The third-order valence-electron chi connectivity index (χ3n) is 4.45. The van der Waals surface area contributed by atoms with Gasteiger partial charge in [-0.05, 0) is 44.2 Å². The number of anilines is 1. The van der Waals surface area contributed by atoms with Gasteiger partial charge in [-0.3, -0.25) is 5.43 Å². The Bertz CT molecular complexity index is 1090. The number of hydrazone groups is 1. The van der Waals surface area contributed by atoms with Gasteiger partial charge in [0.2, 0.25) is 5.13 Å². The van der Waals surface area contributed by atoms with Crippen molar-refractivity contribution < 1.29 is 4.74 Å². The minimum atomic E-state index is 0.783. The van der Waals surface area contributed by atoms with E-state index in [0.29, 0.717) is 0 Å². The first-order valence-electron chi connectivity index (χ1n) is 8.64. The largest absolute Gasteiger partial charge is 0.495 e. The van der Waals surface area contributed by atoms with Crippen molar-refractivity contribution in [3.8, 4) is 11.4 Å². The van der Waals surface area contributed by atoms with E-state index in [9.17, 15) is 0 Å². The standard InChI is InChI=1S/C21H20N4OS/c1-14-12-16(15(2)25(14)18-9-5-6-10-19(18)26-3)13-22-24-21-23-17-8-4-7-11-20(17)27-21/h4-13H,1-3H3,(H,23,24)/b22-13+. The third kappa shape index (κ3) is 3.31. The van der Waals surface area contributed by atoms with Crippen LogP contribution in [0.2, 0.25) is 0 Å². The number of nitrogens with one attached hydrogen (secondary N) is 1. The van der Waals surface area contributed by atoms with Crippen LogP contribution in [-0.4, -0.2) is 22.9 Å². The van der Waals surface area contributed by atoms with Crippen LogP contribution in [0, 0.1) is 13.8 Å². The molecular formula is C21H20N4OS. The smallest absolute Gasteiger partial charge is 0.204 e. The van der Waals surface area contributed by atoms with Gasteiger partial charge in [0.15, 0.2) is 0 Å². The molecule has 0 saturated heterocycles. The van der Waals surface area contributed by atoms with Crippen molar-refractivity contribution in [3.05, 3.63) is 71.5 Å². The Labute approximate surface area is 161 Å². The van der Waals surface area contributed by atoms with Crippen molar-refractivity contribution in [2.45, 2.75) is 13.8 Å². The maximum atomic E-state index is 5.51. The lowest BCUT2D eigenvalue weighted by Gasteiger charge is -2.13. The van der Waals surface area contributed by atoms with Gasteiger partial charge in [0.25, 0.3) is 0 Å². The number of fused-ring (bicyclic) bond motifs is 1. The summed E-state index contributed by atoms with van der Waals surface area (Å²) in [6.07, 6.45) is 1.83. The minimum Gasteiger partial charge on any atom is -0.495 e. The molecule has 0 aliphatic carbocycles. The molecule has 0 aliphatic heterocycles. The zero-order valence-electron chi connectivity index (χ0n) is 15.4. The minimum absolute atomic E-state index is 0.783. The maximum absolute atomic E-state index is 5.51. The lowest BCUT2D eigenvalue weighted by molar-refractivity contribution is 0.412. The lowest BCUT2D eigenvalue weighted by atomic mass is 10.2. The molecule has 27 heavy (non-hydrogen) atoms. The van der Waals surface area contributed by atoms with E-state index in [-0.39, 0.29) is 0 Å². The lowest BCUT2D eigenvalue weighted by Crippen LogP contribution is -2.02. The number of para-hydroxylation sites is 3. The zero-order valence-corrected chi connectivity index (χ0v) is 16.2. The SMILES string of the molecule is COc1ccccc1-n1c(C)cc(/C=N/Nc2nc3ccccc3s2)c1C. The molecule has 0 bridgehead atoms. The molecule has 0 radical (unpaired) electrons. The molecule has 0 saturated carbocycles. The van der Waals surface area contributed by atoms with Gasteiger partial charge < -0.3 is 9.30 Å². The van der Waals surface area contributed by atoms with Crippen molar-refractivity contribution in [1.82, 2.24) is 9.55 Å². The molecule has 4 rings (SSSR count). The van der Waals surface area contributed by atoms with Gasteiger partial charge in [0.05, 0.1) is 29.2 Å². The quantitative estimate of drug-likeness (QED) is 0.387. The van der Waals surface area contributed by atoms with Crippen molar-refractivity contribution in [1.29, 1.82) is 0 Å². The van der Waals surface area contributed by atoms with Gasteiger partial charge in [-0.15, -0.1) is 0 Å². The molecule has 2 heterocycles. The van der Waals surface area contributed by atoms with E-state index < -0.39 is 0 Å². The summed E-state index contributed by atoms with van der Waals surface area (Å²) in [7, 11) is 1.69. The number of aromatic nitrogens is 2. The molecule has 0 spiro atoms. The summed E-state index contributed by atoms with van der Waals surface area (Å²) in [5, 5.41) is 5.17. The van der Waals surface area contributed by atoms with Crippen LogP contribution in [0.4, 0.5) is 5.13 Å². The fourth-order valence-corrected chi connectivity index (χ4v) is 4.00. The summed E-state index contributed by atoms with van der Waals surface area (Å²) in [5.74, 6) is 0.843. The monoisotopic (exact) mass is 376 g/mol. The average Bonchev–Trinajstić information content (AvgIpc) is 3.22. The molecule has 0 fully saturated rings. The first-order chi connectivity index (χ1) is 13.2. The van der Waals surface area contributed by atoms with Gasteiger partial charge in [0, 0.05) is 17.0 Å². The van der Waals surface area contributed by atoms with Crippen LogP contribution in [0.5, 0.6) is 5.75 Å². The molecule has 0 aliphatic rings. The molecule has 0 amide bonds. The van der Waals surface area contributed by atoms with Crippen LogP contribution < -0.4 is 10.2 Å². The Balaban J connectivity index is 1.60. The van der Waals surface area contributed by atoms with Crippen molar-refractivity contribution in [2.24, 2.45) is 5.10 Å². The third-order valence-corrected chi connectivity index (χ3v) is 5.40. The van der Waals surface area contributed by atoms with Gasteiger partial charge in [-0.2, -0.15) is 5.10 Å². The topological polar surface area (TPSA) is 51.4 Å². The first-order valence-corrected chi connectivity index (χ1v) is 9.46. The maximum Gasteiger partial charge on any atom is 0.204 e. The summed E-state index contributed by atoms with van der Waals surface area (Å²) >= 11 is 1.59. The summed E-state index contributed by atoms with van der Waals surface area (Å²) in [6.45, 7) is 4.16. The molecule has 0 unspecified atom stereocenters. The van der Waals surface area contributed by atoms with E-state index >= 15 is 0 Å². The number of methoxy groups -OCH3 is 1. The predicted octanol–water partition coefficient (Wildman–Crippen LogP) is 5.16. The van der Waals surface area contributed by atoms with E-state index in [1.165, 1.54) is 0 Å². The van der Waals surface area contributed by atoms with E-state index in [1.54, 1.807) is 18.4 Å². The summed E-state index contributed by atoms with van der Waals surface area (Å²) < 4.78 is 8.83. The van der Waals surface area contributed by atoms with E-state index in [4.69, 9.17) is 4.74 Å². The molecule has 136 valence electrons. The fraction of sp³-hybridized carbons (Fsp3) is 0.143. The second-order valence-corrected chi connectivity index (χ2v) is 7.22. The molecule has 5 nitrogen and oxygen atoms in total. The molecule has 1 N–H and O–H groups in total. The molecular weight excluding hydrogens is 356 g/mol. The molecule has 2 aromatic carbocycles. The summed E-state index contributed by atoms with van der Waals surface area (Å²) in [6, 6.07) is 18.2. The van der Waals surface area contributed by atoms with Crippen molar-refractivity contribution in [3.63, 3.8) is 0 Å². The normalized spacial score (nSPS) is 11.4. The highest BCUT2D eigenvalue weighted by Crippen LogP contribution is 2.28. The first kappa shape index (κ1) is 17.3. The van der Waals surface area contributed by atoms with Crippen LogP contribution in [0.15, 0.2) is 59.7 Å². The number of thiazole rings is 1.